The summed E-state index contributed by atoms with van der Waals surface area (Å²) in [5.74, 6) is -1.49. The summed E-state index contributed by atoms with van der Waals surface area (Å²) in [6, 6.07) is 11.2. The molecule has 2 aromatic rings. The monoisotopic (exact) mass is 538 g/mol. The molecule has 0 radical (unpaired) electrons. The molecule has 214 valence electrons. The van der Waals surface area contributed by atoms with E-state index < -0.39 is 11.9 Å². The molecule has 0 unspecified atom stereocenters. The first-order valence-corrected chi connectivity index (χ1v) is 14.7. The number of benzene rings is 2. The third-order valence-electron chi connectivity index (χ3n) is 6.89. The second kappa shape index (κ2) is 18.2. The highest BCUT2D eigenvalue weighted by Gasteiger charge is 2.17. The third kappa shape index (κ3) is 12.1. The van der Waals surface area contributed by atoms with Gasteiger partial charge in [-0.3, -0.25) is 4.79 Å². The highest BCUT2D eigenvalue weighted by atomic mass is 16.5. The maximum atomic E-state index is 12.6. The zero-order chi connectivity index (χ0) is 28.5. The Labute approximate surface area is 234 Å². The Morgan fingerprint density at radius 1 is 0.769 bits per heavy atom. The molecule has 0 aliphatic heterocycles. The number of carboxylic acid groups (broad SMARTS) is 1. The van der Waals surface area contributed by atoms with Crippen molar-refractivity contribution in [2.75, 3.05) is 0 Å². The molecule has 0 fully saturated rings. The summed E-state index contributed by atoms with van der Waals surface area (Å²) < 4.78 is 11.1. The van der Waals surface area contributed by atoms with Crippen LogP contribution in [-0.4, -0.2) is 29.1 Å². The summed E-state index contributed by atoms with van der Waals surface area (Å²) in [5, 5.41) is 9.70. The lowest BCUT2D eigenvalue weighted by atomic mass is 9.98. The van der Waals surface area contributed by atoms with Gasteiger partial charge in [-0.15, -0.1) is 0 Å². The van der Waals surface area contributed by atoms with Crippen LogP contribution in [0.1, 0.15) is 131 Å². The van der Waals surface area contributed by atoms with Gasteiger partial charge < -0.3 is 14.6 Å². The van der Waals surface area contributed by atoms with E-state index in [1.165, 1.54) is 50.7 Å². The second-order valence-corrected chi connectivity index (χ2v) is 10.4. The maximum Gasteiger partial charge on any atom is 0.338 e. The second-order valence-electron chi connectivity index (χ2n) is 10.4. The molecule has 6 heteroatoms. The number of unbranched alkanes of at least 4 members (excludes halogenated alkanes) is 10. The van der Waals surface area contributed by atoms with Gasteiger partial charge in [0.1, 0.15) is 5.75 Å². The summed E-state index contributed by atoms with van der Waals surface area (Å²) in [5.41, 5.74) is 1.53. The fourth-order valence-corrected chi connectivity index (χ4v) is 4.55. The van der Waals surface area contributed by atoms with E-state index in [0.29, 0.717) is 28.9 Å². The normalized spacial score (nSPS) is 11.7. The van der Waals surface area contributed by atoms with Crippen LogP contribution < -0.4 is 4.74 Å². The molecular weight excluding hydrogens is 492 g/mol. The number of hydrogen-bond acceptors (Lipinski definition) is 5. The van der Waals surface area contributed by atoms with E-state index in [9.17, 15) is 19.5 Å². The highest BCUT2D eigenvalue weighted by Crippen LogP contribution is 2.29. The van der Waals surface area contributed by atoms with Crippen molar-refractivity contribution in [3.8, 4) is 16.9 Å². The van der Waals surface area contributed by atoms with Gasteiger partial charge in [0, 0.05) is 6.42 Å². The van der Waals surface area contributed by atoms with E-state index in [0.717, 1.165) is 44.9 Å². The van der Waals surface area contributed by atoms with Crippen LogP contribution in [0.5, 0.6) is 5.75 Å². The Bertz CT molecular complexity index is 1030. The van der Waals surface area contributed by atoms with Crippen molar-refractivity contribution in [1.82, 2.24) is 0 Å². The number of carbonyl (C=O) groups is 3. The molecule has 0 bridgehead atoms. The molecule has 39 heavy (non-hydrogen) atoms. The van der Waals surface area contributed by atoms with E-state index in [2.05, 4.69) is 13.8 Å². The van der Waals surface area contributed by atoms with Crippen molar-refractivity contribution < 1.29 is 29.0 Å². The van der Waals surface area contributed by atoms with Gasteiger partial charge in [0.2, 0.25) is 0 Å². The zero-order valence-electron chi connectivity index (χ0n) is 24.0. The van der Waals surface area contributed by atoms with Crippen molar-refractivity contribution in [2.24, 2.45) is 0 Å². The van der Waals surface area contributed by atoms with Crippen LogP contribution in [-0.2, 0) is 9.53 Å². The minimum atomic E-state index is -1.08. The van der Waals surface area contributed by atoms with Crippen LogP contribution in [0, 0.1) is 0 Å². The lowest BCUT2D eigenvalue weighted by Gasteiger charge is -2.14. The minimum Gasteiger partial charge on any atom is -0.478 e. The lowest BCUT2D eigenvalue weighted by Crippen LogP contribution is -2.15. The van der Waals surface area contributed by atoms with Crippen molar-refractivity contribution in [1.29, 1.82) is 0 Å². The topological polar surface area (TPSA) is 89.9 Å². The fourth-order valence-electron chi connectivity index (χ4n) is 4.55. The SMILES string of the molecule is CCCCCCCCCCC(=O)Oc1ccc(C(=O)O)c(-c2ccc(C(=O)O[C@H](C)CCCCCC)cc2)c1. The number of ether oxygens (including phenoxy) is 2. The van der Waals surface area contributed by atoms with Crippen LogP contribution in [0.15, 0.2) is 42.5 Å². The van der Waals surface area contributed by atoms with Gasteiger partial charge in [0.15, 0.2) is 0 Å². The molecule has 0 spiro atoms. The summed E-state index contributed by atoms with van der Waals surface area (Å²) in [7, 11) is 0. The van der Waals surface area contributed by atoms with Gasteiger partial charge in [0.05, 0.1) is 17.2 Å². The first-order valence-electron chi connectivity index (χ1n) is 14.7. The largest absolute Gasteiger partial charge is 0.478 e. The lowest BCUT2D eigenvalue weighted by molar-refractivity contribution is -0.134. The van der Waals surface area contributed by atoms with Crippen LogP contribution in [0.2, 0.25) is 0 Å². The van der Waals surface area contributed by atoms with E-state index in [4.69, 9.17) is 9.47 Å². The quantitative estimate of drug-likeness (QED) is 0.109. The Morgan fingerprint density at radius 2 is 1.36 bits per heavy atom. The van der Waals surface area contributed by atoms with Gasteiger partial charge in [-0.25, -0.2) is 9.59 Å². The third-order valence-corrected chi connectivity index (χ3v) is 6.89. The summed E-state index contributed by atoms with van der Waals surface area (Å²) in [4.78, 5) is 36.8. The first kappa shape index (κ1) is 32.1. The zero-order valence-corrected chi connectivity index (χ0v) is 24.0. The average molecular weight is 539 g/mol. The van der Waals surface area contributed by atoms with Crippen LogP contribution in [0.3, 0.4) is 0 Å². The number of rotatable bonds is 19. The van der Waals surface area contributed by atoms with E-state index in [1.54, 1.807) is 30.3 Å². The fraction of sp³-hybridized carbons (Fsp3) is 0.545. The van der Waals surface area contributed by atoms with Crippen molar-refractivity contribution in [3.05, 3.63) is 53.6 Å². The minimum absolute atomic E-state index is 0.0916. The molecule has 0 aromatic heterocycles. The Kier molecular flexibility index (Phi) is 15.0. The number of carboxylic acids is 1. The van der Waals surface area contributed by atoms with Crippen LogP contribution in [0.4, 0.5) is 0 Å². The molecule has 0 aliphatic carbocycles. The average Bonchev–Trinajstić information content (AvgIpc) is 2.92. The predicted octanol–water partition coefficient (Wildman–Crippen LogP) is 9.00. The van der Waals surface area contributed by atoms with Crippen molar-refractivity contribution in [3.63, 3.8) is 0 Å². The van der Waals surface area contributed by atoms with E-state index in [-0.39, 0.29) is 17.6 Å². The molecule has 0 saturated carbocycles. The van der Waals surface area contributed by atoms with Crippen LogP contribution >= 0.6 is 0 Å². The van der Waals surface area contributed by atoms with Crippen LogP contribution in [0.25, 0.3) is 11.1 Å². The molecule has 0 heterocycles. The number of hydrogen-bond donors (Lipinski definition) is 1. The molecule has 0 amide bonds. The summed E-state index contributed by atoms with van der Waals surface area (Å²) in [6.45, 7) is 6.27. The number of carbonyl (C=O) groups excluding carboxylic acids is 2. The van der Waals surface area contributed by atoms with E-state index >= 15 is 0 Å². The molecule has 0 aliphatic rings. The summed E-state index contributed by atoms with van der Waals surface area (Å²) >= 11 is 0. The van der Waals surface area contributed by atoms with Gasteiger partial charge in [-0.1, -0.05) is 90.2 Å². The van der Waals surface area contributed by atoms with Gasteiger partial charge in [-0.2, -0.15) is 0 Å². The summed E-state index contributed by atoms with van der Waals surface area (Å²) in [6.07, 6.45) is 14.6. The number of aromatic carboxylic acids is 1. The van der Waals surface area contributed by atoms with Gasteiger partial charge in [-0.05, 0) is 67.6 Å². The molecule has 1 atom stereocenters. The molecular formula is C33H46O6. The number of esters is 2. The molecule has 6 nitrogen and oxygen atoms in total. The molecule has 0 saturated heterocycles. The smallest absolute Gasteiger partial charge is 0.338 e. The van der Waals surface area contributed by atoms with Gasteiger partial charge >= 0.3 is 17.9 Å². The maximum absolute atomic E-state index is 12.6. The standard InChI is InChI=1S/C33H46O6/c1-4-6-8-10-11-12-13-15-17-31(34)39-28-22-23-29(32(35)36)30(24-28)26-18-20-27(21-19-26)33(37)38-25(3)16-14-9-7-5-2/h18-25H,4-17H2,1-3H3,(H,35,36)/t25-/m1/s1. The first-order chi connectivity index (χ1) is 18.8. The van der Waals surface area contributed by atoms with E-state index in [1.807, 2.05) is 6.92 Å². The molecule has 1 N–H and O–H groups in total. The van der Waals surface area contributed by atoms with Crippen molar-refractivity contribution >= 4 is 17.9 Å². The highest BCUT2D eigenvalue weighted by molar-refractivity contribution is 5.97. The Morgan fingerprint density at radius 3 is 1.97 bits per heavy atom. The van der Waals surface area contributed by atoms with Crippen molar-refractivity contribution in [2.45, 2.75) is 117 Å². The predicted molar refractivity (Wildman–Crippen MR) is 155 cm³/mol. The Hall–Kier alpha value is -3.15. The Balaban J connectivity index is 1.96. The van der Waals surface area contributed by atoms with Gasteiger partial charge in [0.25, 0.3) is 0 Å². The molecule has 2 aromatic carbocycles. The molecule has 2 rings (SSSR count).